The van der Waals surface area contributed by atoms with Gasteiger partial charge in [-0.15, -0.1) is 0 Å². The molecule has 0 aromatic rings. The summed E-state index contributed by atoms with van der Waals surface area (Å²) in [5.41, 5.74) is 0. The van der Waals surface area contributed by atoms with Crippen molar-refractivity contribution in [2.45, 2.75) is 34.1 Å². The summed E-state index contributed by atoms with van der Waals surface area (Å²) in [7, 11) is 0. The fourth-order valence-corrected chi connectivity index (χ4v) is 1.60. The highest BCUT2D eigenvalue weighted by atomic mass is 79.9. The third-order valence-electron chi connectivity index (χ3n) is 2.55. The predicted octanol–water partition coefficient (Wildman–Crippen LogP) is 3.39. The van der Waals surface area contributed by atoms with E-state index in [-0.39, 0.29) is 0 Å². The second kappa shape index (κ2) is 7.81. The van der Waals surface area contributed by atoms with Crippen LogP contribution in [0.15, 0.2) is 0 Å². The van der Waals surface area contributed by atoms with Gasteiger partial charge in [0.1, 0.15) is 0 Å². The Morgan fingerprint density at radius 2 is 1.62 bits per heavy atom. The van der Waals surface area contributed by atoms with Crippen LogP contribution >= 0.6 is 15.9 Å². The topological polar surface area (TPSA) is 3.24 Å². The van der Waals surface area contributed by atoms with Crippen molar-refractivity contribution < 1.29 is 0 Å². The van der Waals surface area contributed by atoms with E-state index in [9.17, 15) is 0 Å². The second-order valence-corrected chi connectivity index (χ2v) is 4.77. The zero-order valence-electron chi connectivity index (χ0n) is 9.52. The molecule has 0 heterocycles. The van der Waals surface area contributed by atoms with E-state index in [2.05, 4.69) is 48.5 Å². The van der Waals surface area contributed by atoms with Gasteiger partial charge in [-0.25, -0.2) is 0 Å². The summed E-state index contributed by atoms with van der Waals surface area (Å²) in [6, 6.07) is 0. The maximum Gasteiger partial charge on any atom is 0.00692 e. The number of alkyl halides is 1. The third-order valence-corrected chi connectivity index (χ3v) is 3.65. The number of hydrogen-bond donors (Lipinski definition) is 0. The van der Waals surface area contributed by atoms with Crippen molar-refractivity contribution in [1.29, 1.82) is 0 Å². The van der Waals surface area contributed by atoms with Crippen LogP contribution in [-0.4, -0.2) is 29.9 Å². The van der Waals surface area contributed by atoms with E-state index < -0.39 is 0 Å². The first-order valence-corrected chi connectivity index (χ1v) is 6.54. The average Bonchev–Trinajstić information content (AvgIpc) is 2.16. The van der Waals surface area contributed by atoms with Gasteiger partial charge >= 0.3 is 0 Å². The molecule has 0 aliphatic heterocycles. The Bertz CT molecular complexity index is 105. The maximum absolute atomic E-state index is 3.53. The molecule has 0 bridgehead atoms. The molecule has 0 spiro atoms. The van der Waals surface area contributed by atoms with Gasteiger partial charge in [-0.2, -0.15) is 0 Å². The van der Waals surface area contributed by atoms with Crippen LogP contribution in [0.2, 0.25) is 0 Å². The molecule has 0 saturated heterocycles. The minimum absolute atomic E-state index is 0.768. The standard InChI is InChI=1S/C11H24BrN/c1-5-10(3)8-13(6-2)9-11(4)7-12/h10-11H,5-9H2,1-4H3. The number of hydrogen-bond acceptors (Lipinski definition) is 1. The molecule has 0 saturated carbocycles. The fourth-order valence-electron chi connectivity index (χ4n) is 1.39. The third kappa shape index (κ3) is 6.50. The molecule has 0 aromatic carbocycles. The summed E-state index contributed by atoms with van der Waals surface area (Å²) in [6.07, 6.45) is 1.29. The van der Waals surface area contributed by atoms with Crippen molar-refractivity contribution in [1.82, 2.24) is 4.90 Å². The quantitative estimate of drug-likeness (QED) is 0.626. The van der Waals surface area contributed by atoms with Crippen molar-refractivity contribution in [3.63, 3.8) is 0 Å². The van der Waals surface area contributed by atoms with E-state index in [1.54, 1.807) is 0 Å². The van der Waals surface area contributed by atoms with E-state index in [1.807, 2.05) is 0 Å². The molecule has 0 amide bonds. The molecule has 0 rings (SSSR count). The van der Waals surface area contributed by atoms with Gasteiger partial charge in [0.25, 0.3) is 0 Å². The van der Waals surface area contributed by atoms with Gasteiger partial charge < -0.3 is 4.90 Å². The summed E-state index contributed by atoms with van der Waals surface area (Å²) in [5, 5.41) is 1.12. The average molecular weight is 250 g/mol. The Hall–Kier alpha value is 0.440. The van der Waals surface area contributed by atoms with Crippen molar-refractivity contribution in [3.8, 4) is 0 Å². The SMILES string of the molecule is CCC(C)CN(CC)CC(C)CBr. The van der Waals surface area contributed by atoms with E-state index in [0.29, 0.717) is 0 Å². The lowest BCUT2D eigenvalue weighted by molar-refractivity contribution is 0.223. The van der Waals surface area contributed by atoms with Crippen molar-refractivity contribution >= 4 is 15.9 Å². The monoisotopic (exact) mass is 249 g/mol. The van der Waals surface area contributed by atoms with Gasteiger partial charge in [0.2, 0.25) is 0 Å². The summed E-state index contributed by atoms with van der Waals surface area (Å²) in [5.74, 6) is 1.60. The Balaban J connectivity index is 3.74. The van der Waals surface area contributed by atoms with Crippen LogP contribution in [0, 0.1) is 11.8 Å². The van der Waals surface area contributed by atoms with Gasteiger partial charge in [-0.1, -0.05) is 50.0 Å². The van der Waals surface area contributed by atoms with E-state index in [1.165, 1.54) is 26.1 Å². The molecule has 1 nitrogen and oxygen atoms in total. The molecule has 13 heavy (non-hydrogen) atoms. The van der Waals surface area contributed by atoms with Crippen molar-refractivity contribution in [3.05, 3.63) is 0 Å². The Morgan fingerprint density at radius 3 is 2.00 bits per heavy atom. The molecule has 0 aliphatic rings. The summed E-state index contributed by atoms with van der Waals surface area (Å²) in [4.78, 5) is 2.56. The molecule has 0 aliphatic carbocycles. The first-order valence-electron chi connectivity index (χ1n) is 5.42. The van der Waals surface area contributed by atoms with Crippen LogP contribution in [0.3, 0.4) is 0 Å². The number of nitrogens with zero attached hydrogens (tertiary/aromatic N) is 1. The molecule has 0 N–H and O–H groups in total. The van der Waals surface area contributed by atoms with Gasteiger partial charge in [-0.3, -0.25) is 0 Å². The highest BCUT2D eigenvalue weighted by molar-refractivity contribution is 9.09. The smallest absolute Gasteiger partial charge is 0.00692 e. The Labute approximate surface area is 92.0 Å². The first kappa shape index (κ1) is 13.4. The van der Waals surface area contributed by atoms with Gasteiger partial charge in [0, 0.05) is 18.4 Å². The van der Waals surface area contributed by atoms with Crippen LogP contribution in [0.1, 0.15) is 34.1 Å². The minimum atomic E-state index is 0.768. The van der Waals surface area contributed by atoms with E-state index >= 15 is 0 Å². The second-order valence-electron chi connectivity index (χ2n) is 4.13. The van der Waals surface area contributed by atoms with Gasteiger partial charge in [0.15, 0.2) is 0 Å². The van der Waals surface area contributed by atoms with Crippen LogP contribution in [0.5, 0.6) is 0 Å². The zero-order chi connectivity index (χ0) is 10.3. The molecule has 0 aromatic heterocycles. The molecular formula is C11H24BrN. The summed E-state index contributed by atoms with van der Waals surface area (Å²) < 4.78 is 0. The summed E-state index contributed by atoms with van der Waals surface area (Å²) >= 11 is 3.53. The minimum Gasteiger partial charge on any atom is -0.303 e. The lowest BCUT2D eigenvalue weighted by Gasteiger charge is -2.26. The molecule has 2 unspecified atom stereocenters. The van der Waals surface area contributed by atoms with Crippen LogP contribution in [-0.2, 0) is 0 Å². The van der Waals surface area contributed by atoms with Crippen LogP contribution in [0.25, 0.3) is 0 Å². The molecule has 2 heteroatoms. The normalized spacial score (nSPS) is 16.2. The Kier molecular flexibility index (Phi) is 8.07. The zero-order valence-corrected chi connectivity index (χ0v) is 11.1. The molecule has 2 atom stereocenters. The highest BCUT2D eigenvalue weighted by Gasteiger charge is 2.10. The van der Waals surface area contributed by atoms with Crippen LogP contribution < -0.4 is 0 Å². The number of rotatable bonds is 7. The predicted molar refractivity (Wildman–Crippen MR) is 64.5 cm³/mol. The highest BCUT2D eigenvalue weighted by Crippen LogP contribution is 2.08. The largest absolute Gasteiger partial charge is 0.303 e. The van der Waals surface area contributed by atoms with Crippen molar-refractivity contribution in [2.75, 3.05) is 25.0 Å². The van der Waals surface area contributed by atoms with Gasteiger partial charge in [0.05, 0.1) is 0 Å². The molecular weight excluding hydrogens is 226 g/mol. The Morgan fingerprint density at radius 1 is 1.08 bits per heavy atom. The van der Waals surface area contributed by atoms with Crippen molar-refractivity contribution in [2.24, 2.45) is 11.8 Å². The maximum atomic E-state index is 3.53. The lowest BCUT2D eigenvalue weighted by Crippen LogP contribution is -2.32. The molecule has 0 radical (unpaired) electrons. The fraction of sp³-hybridized carbons (Fsp3) is 1.00. The molecule has 80 valence electrons. The summed E-state index contributed by atoms with van der Waals surface area (Å²) in [6.45, 7) is 12.8. The first-order chi connectivity index (χ1) is 6.13. The van der Waals surface area contributed by atoms with E-state index in [0.717, 1.165) is 17.2 Å². The van der Waals surface area contributed by atoms with Gasteiger partial charge in [-0.05, 0) is 18.4 Å². The van der Waals surface area contributed by atoms with Crippen LogP contribution in [0.4, 0.5) is 0 Å². The number of halogens is 1. The molecule has 0 fully saturated rings. The van der Waals surface area contributed by atoms with E-state index in [4.69, 9.17) is 0 Å². The lowest BCUT2D eigenvalue weighted by atomic mass is 10.1.